The van der Waals surface area contributed by atoms with Crippen LogP contribution in [0.4, 0.5) is 24.9 Å². The van der Waals surface area contributed by atoms with Gasteiger partial charge in [-0.1, -0.05) is 12.1 Å². The van der Waals surface area contributed by atoms with E-state index in [-0.39, 0.29) is 17.4 Å². The second kappa shape index (κ2) is 12.4. The van der Waals surface area contributed by atoms with Gasteiger partial charge >= 0.3 is 6.36 Å². The molecule has 1 aliphatic carbocycles. The maximum absolute atomic E-state index is 12.6. The zero-order valence-electron chi connectivity index (χ0n) is 22.0. The largest absolute Gasteiger partial charge is 0.573 e. The average Bonchev–Trinajstić information content (AvgIpc) is 2.91. The number of rotatable bonds is 11. The van der Waals surface area contributed by atoms with E-state index in [0.29, 0.717) is 11.9 Å². The fraction of sp³-hybridized carbons (Fsp3) is 0.481. The Morgan fingerprint density at radius 3 is 2.15 bits per heavy atom. The number of ether oxygens (including phenoxy) is 1. The van der Waals surface area contributed by atoms with E-state index in [1.807, 2.05) is 24.3 Å². The van der Waals surface area contributed by atoms with E-state index in [2.05, 4.69) is 33.5 Å². The molecule has 12 heteroatoms. The van der Waals surface area contributed by atoms with Crippen LogP contribution in [0.15, 0.2) is 53.4 Å². The number of hydrogen-bond donors (Lipinski definition) is 2. The predicted molar refractivity (Wildman–Crippen MR) is 145 cm³/mol. The number of halogens is 3. The van der Waals surface area contributed by atoms with Crippen molar-refractivity contribution in [1.82, 2.24) is 14.7 Å². The van der Waals surface area contributed by atoms with Crippen LogP contribution >= 0.6 is 0 Å². The standard InChI is InChI=1S/C27H34F3N5O3S/c1-3-35(4-2)25-23-7-5-6-8-24(23)33-26(34-25)31-17-19-9-11-20(12-10-19)18-32-39(36,37)22-15-13-21(14-16-22)38-27(28,29)30/h5-8,13-16,19-20,32H,3-4,9-12,17-18H2,1-2H3,(H,31,33,34). The van der Waals surface area contributed by atoms with Crippen molar-refractivity contribution in [2.24, 2.45) is 11.8 Å². The van der Waals surface area contributed by atoms with E-state index in [0.717, 1.165) is 86.3 Å². The minimum Gasteiger partial charge on any atom is -0.406 e. The quantitative estimate of drug-likeness (QED) is 0.314. The summed E-state index contributed by atoms with van der Waals surface area (Å²) in [4.78, 5) is 11.6. The Morgan fingerprint density at radius 2 is 1.54 bits per heavy atom. The molecule has 2 N–H and O–H groups in total. The number of nitrogens with zero attached hydrogens (tertiary/aromatic N) is 3. The van der Waals surface area contributed by atoms with Crippen molar-refractivity contribution in [3.8, 4) is 5.75 Å². The van der Waals surface area contributed by atoms with Crippen molar-refractivity contribution in [3.63, 3.8) is 0 Å². The molecule has 0 spiro atoms. The van der Waals surface area contributed by atoms with Crippen LogP contribution in [-0.2, 0) is 10.0 Å². The average molecular weight is 566 g/mol. The molecule has 4 rings (SSSR count). The van der Waals surface area contributed by atoms with E-state index in [4.69, 9.17) is 9.97 Å². The number of alkyl halides is 3. The first-order valence-electron chi connectivity index (χ1n) is 13.2. The lowest BCUT2D eigenvalue weighted by molar-refractivity contribution is -0.274. The van der Waals surface area contributed by atoms with Gasteiger partial charge in [0.15, 0.2) is 0 Å². The summed E-state index contributed by atoms with van der Waals surface area (Å²) in [5.41, 5.74) is 0.899. The zero-order chi connectivity index (χ0) is 28.0. The highest BCUT2D eigenvalue weighted by Crippen LogP contribution is 2.30. The smallest absolute Gasteiger partial charge is 0.406 e. The van der Waals surface area contributed by atoms with Crippen molar-refractivity contribution in [2.45, 2.75) is 50.8 Å². The highest BCUT2D eigenvalue weighted by molar-refractivity contribution is 7.89. The summed E-state index contributed by atoms with van der Waals surface area (Å²) < 4.78 is 68.6. The van der Waals surface area contributed by atoms with E-state index < -0.39 is 22.1 Å². The van der Waals surface area contributed by atoms with Gasteiger partial charge in [-0.2, -0.15) is 4.98 Å². The number of aromatic nitrogens is 2. The van der Waals surface area contributed by atoms with Crippen LogP contribution in [0, 0.1) is 11.8 Å². The fourth-order valence-electron chi connectivity index (χ4n) is 4.91. The van der Waals surface area contributed by atoms with Gasteiger partial charge in [0, 0.05) is 31.6 Å². The Balaban J connectivity index is 1.28. The van der Waals surface area contributed by atoms with Gasteiger partial charge < -0.3 is 15.0 Å². The van der Waals surface area contributed by atoms with Crippen LogP contribution in [0.2, 0.25) is 0 Å². The second-order valence-electron chi connectivity index (χ2n) is 9.70. The molecule has 1 saturated carbocycles. The first-order chi connectivity index (χ1) is 18.6. The van der Waals surface area contributed by atoms with Gasteiger partial charge in [-0.15, -0.1) is 13.2 Å². The number of anilines is 2. The second-order valence-corrected chi connectivity index (χ2v) is 11.5. The topological polar surface area (TPSA) is 96.5 Å². The SMILES string of the molecule is CCN(CC)c1nc(NCC2CCC(CNS(=O)(=O)c3ccc(OC(F)(F)F)cc3)CC2)nc2ccccc12. The summed E-state index contributed by atoms with van der Waals surface area (Å²) in [6.07, 6.45) is -1.20. The van der Waals surface area contributed by atoms with Gasteiger partial charge in [0.2, 0.25) is 16.0 Å². The maximum atomic E-state index is 12.6. The van der Waals surface area contributed by atoms with Crippen LogP contribution in [0.5, 0.6) is 5.75 Å². The minimum absolute atomic E-state index is 0.102. The molecule has 1 aliphatic rings. The van der Waals surface area contributed by atoms with Crippen LogP contribution in [0.25, 0.3) is 10.9 Å². The van der Waals surface area contributed by atoms with E-state index >= 15 is 0 Å². The molecule has 1 aromatic heterocycles. The first kappa shape index (κ1) is 28.9. The Bertz CT molecular complexity index is 1340. The molecule has 39 heavy (non-hydrogen) atoms. The van der Waals surface area contributed by atoms with Gasteiger partial charge in [0.1, 0.15) is 11.6 Å². The molecule has 212 valence electrons. The lowest BCUT2D eigenvalue weighted by Crippen LogP contribution is -2.32. The molecule has 0 bridgehead atoms. The molecule has 0 unspecified atom stereocenters. The molecule has 2 aromatic carbocycles. The summed E-state index contributed by atoms with van der Waals surface area (Å²) in [5.74, 6) is 1.68. The molecular formula is C27H34F3N5O3S. The first-order valence-corrected chi connectivity index (χ1v) is 14.7. The molecule has 1 fully saturated rings. The number of fused-ring (bicyclic) bond motifs is 1. The molecule has 0 radical (unpaired) electrons. The molecular weight excluding hydrogens is 531 g/mol. The summed E-state index contributed by atoms with van der Waals surface area (Å²) >= 11 is 0. The van der Waals surface area contributed by atoms with Gasteiger partial charge in [0.05, 0.1) is 10.4 Å². The molecule has 0 amide bonds. The summed E-state index contributed by atoms with van der Waals surface area (Å²) in [6.45, 7) is 6.93. The monoisotopic (exact) mass is 565 g/mol. The Kier molecular flexibility index (Phi) is 9.16. The summed E-state index contributed by atoms with van der Waals surface area (Å²) in [7, 11) is -3.83. The van der Waals surface area contributed by atoms with E-state index in [9.17, 15) is 21.6 Å². The minimum atomic E-state index is -4.83. The Labute approximate surface area is 227 Å². The molecule has 3 aromatic rings. The van der Waals surface area contributed by atoms with E-state index in [1.165, 1.54) is 0 Å². The fourth-order valence-corrected chi connectivity index (χ4v) is 6.03. The molecule has 0 atom stereocenters. The molecule has 8 nitrogen and oxygen atoms in total. The lowest BCUT2D eigenvalue weighted by Gasteiger charge is -2.29. The van der Waals surface area contributed by atoms with Gasteiger partial charge in [-0.05, 0) is 87.8 Å². The third-order valence-corrected chi connectivity index (χ3v) is 8.53. The van der Waals surface area contributed by atoms with Crippen LogP contribution in [0.1, 0.15) is 39.5 Å². The third kappa shape index (κ3) is 7.72. The van der Waals surface area contributed by atoms with Crippen molar-refractivity contribution in [3.05, 3.63) is 48.5 Å². The predicted octanol–water partition coefficient (Wildman–Crippen LogP) is 5.57. The Morgan fingerprint density at radius 1 is 0.923 bits per heavy atom. The van der Waals surface area contributed by atoms with Gasteiger partial charge in [-0.25, -0.2) is 18.1 Å². The van der Waals surface area contributed by atoms with Gasteiger partial charge in [-0.3, -0.25) is 0 Å². The molecule has 0 aliphatic heterocycles. The molecule has 0 saturated heterocycles. The maximum Gasteiger partial charge on any atom is 0.573 e. The summed E-state index contributed by atoms with van der Waals surface area (Å²) in [5, 5.41) is 4.45. The number of nitrogens with one attached hydrogen (secondary N) is 2. The van der Waals surface area contributed by atoms with Crippen molar-refractivity contribution in [1.29, 1.82) is 0 Å². The van der Waals surface area contributed by atoms with Crippen molar-refractivity contribution in [2.75, 3.05) is 36.4 Å². The number of hydrogen-bond acceptors (Lipinski definition) is 7. The summed E-state index contributed by atoms with van der Waals surface area (Å²) in [6, 6.07) is 12.2. The lowest BCUT2D eigenvalue weighted by atomic mass is 9.82. The van der Waals surface area contributed by atoms with Crippen LogP contribution in [-0.4, -0.2) is 50.9 Å². The zero-order valence-corrected chi connectivity index (χ0v) is 22.9. The van der Waals surface area contributed by atoms with E-state index in [1.54, 1.807) is 0 Å². The van der Waals surface area contributed by atoms with Gasteiger partial charge in [0.25, 0.3) is 0 Å². The Hall–Kier alpha value is -3.12. The third-order valence-electron chi connectivity index (χ3n) is 7.09. The number of para-hydroxylation sites is 1. The van der Waals surface area contributed by atoms with Crippen LogP contribution < -0.4 is 19.7 Å². The highest BCUT2D eigenvalue weighted by Gasteiger charge is 2.31. The normalized spacial score (nSPS) is 18.2. The number of benzene rings is 2. The molecule has 1 heterocycles. The van der Waals surface area contributed by atoms with Crippen molar-refractivity contribution < 1.29 is 26.3 Å². The number of sulfonamides is 1. The van der Waals surface area contributed by atoms with Crippen molar-refractivity contribution >= 4 is 32.7 Å². The van der Waals surface area contributed by atoms with Crippen LogP contribution in [0.3, 0.4) is 0 Å². The highest BCUT2D eigenvalue weighted by atomic mass is 32.2.